The van der Waals surface area contributed by atoms with Crippen molar-refractivity contribution >= 4 is 39.1 Å². The van der Waals surface area contributed by atoms with E-state index < -0.39 is 11.2 Å². The highest BCUT2D eigenvalue weighted by Crippen LogP contribution is 2.36. The summed E-state index contributed by atoms with van der Waals surface area (Å²) >= 11 is 15.6. The second-order valence-corrected chi connectivity index (χ2v) is 6.27. The maximum atomic E-state index is 14.1. The number of hydrogen-bond donors (Lipinski definition) is 0. The van der Waals surface area contributed by atoms with Gasteiger partial charge in [-0.1, -0.05) is 30.7 Å². The lowest BCUT2D eigenvalue weighted by molar-refractivity contribution is 0.317. The van der Waals surface area contributed by atoms with E-state index in [0.29, 0.717) is 21.7 Å². The maximum Gasteiger partial charge on any atom is 0.129 e. The lowest BCUT2D eigenvalue weighted by atomic mass is 10.0. The van der Waals surface area contributed by atoms with Crippen molar-refractivity contribution in [3.05, 3.63) is 62.8 Å². The molecule has 2 aromatic carbocycles. The summed E-state index contributed by atoms with van der Waals surface area (Å²) in [6.07, 6.45) is 0.922. The molecule has 0 bridgehead atoms. The molecule has 2 aromatic rings. The van der Waals surface area contributed by atoms with Crippen molar-refractivity contribution in [2.24, 2.45) is 0 Å². The molecule has 0 heterocycles. The molecule has 0 aliphatic heterocycles. The van der Waals surface area contributed by atoms with E-state index in [2.05, 4.69) is 15.9 Å². The summed E-state index contributed by atoms with van der Waals surface area (Å²) in [6, 6.07) is 10.2. The second-order valence-electron chi connectivity index (χ2n) is 4.57. The zero-order chi connectivity index (χ0) is 15.4. The van der Waals surface area contributed by atoms with Crippen LogP contribution in [0.15, 0.2) is 40.9 Å². The van der Waals surface area contributed by atoms with Crippen LogP contribution in [-0.2, 0) is 0 Å². The number of ether oxygens (including phenoxy) is 1. The van der Waals surface area contributed by atoms with Crippen molar-refractivity contribution in [2.75, 3.05) is 6.61 Å². The normalized spacial score (nSPS) is 12.2. The third kappa shape index (κ3) is 4.12. The zero-order valence-corrected chi connectivity index (χ0v) is 14.5. The molecule has 1 unspecified atom stereocenters. The van der Waals surface area contributed by atoms with Crippen LogP contribution in [0.2, 0.25) is 5.02 Å². The van der Waals surface area contributed by atoms with Crippen molar-refractivity contribution in [3.63, 3.8) is 0 Å². The van der Waals surface area contributed by atoms with Crippen LogP contribution in [0.4, 0.5) is 4.39 Å². The van der Waals surface area contributed by atoms with Crippen LogP contribution in [0.25, 0.3) is 0 Å². The minimum atomic E-state index is -0.624. The summed E-state index contributed by atoms with van der Waals surface area (Å²) in [5, 5.41) is -0.198. The quantitative estimate of drug-likeness (QED) is 0.425. The van der Waals surface area contributed by atoms with Crippen LogP contribution in [0, 0.1) is 5.82 Å². The van der Waals surface area contributed by atoms with E-state index in [-0.39, 0.29) is 0 Å². The molecule has 0 spiro atoms. The lowest BCUT2D eigenvalue weighted by Gasteiger charge is -2.14. The van der Waals surface area contributed by atoms with E-state index in [1.165, 1.54) is 12.1 Å². The Kier molecular flexibility index (Phi) is 5.91. The van der Waals surface area contributed by atoms with Gasteiger partial charge in [0.1, 0.15) is 11.6 Å². The first-order chi connectivity index (χ1) is 10.0. The Morgan fingerprint density at radius 2 is 2.05 bits per heavy atom. The van der Waals surface area contributed by atoms with Gasteiger partial charge in [0.05, 0.1) is 17.0 Å². The fourth-order valence-electron chi connectivity index (χ4n) is 1.89. The Balaban J connectivity index is 2.31. The summed E-state index contributed by atoms with van der Waals surface area (Å²) in [5.41, 5.74) is 1.11. The number of rotatable bonds is 5. The number of alkyl halides is 1. The Morgan fingerprint density at radius 1 is 1.29 bits per heavy atom. The van der Waals surface area contributed by atoms with Crippen molar-refractivity contribution in [1.82, 2.24) is 0 Å². The van der Waals surface area contributed by atoms with Crippen LogP contribution < -0.4 is 4.74 Å². The molecule has 0 aliphatic rings. The van der Waals surface area contributed by atoms with Gasteiger partial charge < -0.3 is 4.74 Å². The lowest BCUT2D eigenvalue weighted by Crippen LogP contribution is -2.00. The summed E-state index contributed by atoms with van der Waals surface area (Å²) in [7, 11) is 0. The first-order valence-electron chi connectivity index (χ1n) is 6.54. The van der Waals surface area contributed by atoms with Gasteiger partial charge >= 0.3 is 0 Å². The Bertz CT molecular complexity index is 634. The van der Waals surface area contributed by atoms with Crippen molar-refractivity contribution in [3.8, 4) is 5.75 Å². The van der Waals surface area contributed by atoms with E-state index in [9.17, 15) is 4.39 Å². The average molecular weight is 392 g/mol. The maximum absolute atomic E-state index is 14.1. The van der Waals surface area contributed by atoms with E-state index in [4.69, 9.17) is 27.9 Å². The van der Waals surface area contributed by atoms with E-state index in [0.717, 1.165) is 17.7 Å². The first-order valence-corrected chi connectivity index (χ1v) is 8.15. The van der Waals surface area contributed by atoms with Gasteiger partial charge in [0, 0.05) is 10.0 Å². The van der Waals surface area contributed by atoms with Crippen LogP contribution in [0.5, 0.6) is 5.75 Å². The highest BCUT2D eigenvalue weighted by molar-refractivity contribution is 9.10. The molecule has 2 rings (SSSR count). The third-order valence-corrected chi connectivity index (χ3v) is 4.62. The van der Waals surface area contributed by atoms with E-state index >= 15 is 0 Å². The van der Waals surface area contributed by atoms with Gasteiger partial charge in [0.2, 0.25) is 0 Å². The Morgan fingerprint density at radius 3 is 2.76 bits per heavy atom. The Hall–Kier alpha value is -0.770. The topological polar surface area (TPSA) is 9.23 Å². The fourth-order valence-corrected chi connectivity index (χ4v) is 2.68. The molecular weight excluding hydrogens is 378 g/mol. The van der Waals surface area contributed by atoms with Gasteiger partial charge in [-0.2, -0.15) is 0 Å². The minimum absolute atomic E-state index is 0.345. The van der Waals surface area contributed by atoms with Gasteiger partial charge in [-0.05, 0) is 52.2 Å². The molecule has 0 aliphatic carbocycles. The smallest absolute Gasteiger partial charge is 0.129 e. The molecule has 0 radical (unpaired) electrons. The summed E-state index contributed by atoms with van der Waals surface area (Å²) in [4.78, 5) is 0. The van der Waals surface area contributed by atoms with Crippen LogP contribution >= 0.6 is 39.1 Å². The zero-order valence-electron chi connectivity index (χ0n) is 11.4. The largest absolute Gasteiger partial charge is 0.494 e. The molecular formula is C16H14BrCl2FO. The predicted molar refractivity (Wildman–Crippen MR) is 89.0 cm³/mol. The number of halogens is 4. The Labute approximate surface area is 142 Å². The molecule has 1 atom stereocenters. The third-order valence-electron chi connectivity index (χ3n) is 2.94. The van der Waals surface area contributed by atoms with Gasteiger partial charge in [0.15, 0.2) is 0 Å². The molecule has 112 valence electrons. The highest BCUT2D eigenvalue weighted by Gasteiger charge is 2.18. The van der Waals surface area contributed by atoms with Crippen molar-refractivity contribution in [1.29, 1.82) is 0 Å². The summed E-state index contributed by atoms with van der Waals surface area (Å²) in [5.74, 6) is 0.328. The molecule has 0 fully saturated rings. The van der Waals surface area contributed by atoms with Crippen molar-refractivity contribution < 1.29 is 9.13 Å². The van der Waals surface area contributed by atoms with E-state index in [1.807, 2.05) is 31.2 Å². The van der Waals surface area contributed by atoms with Gasteiger partial charge in [0.25, 0.3) is 0 Å². The van der Waals surface area contributed by atoms with Crippen LogP contribution in [0.3, 0.4) is 0 Å². The van der Waals surface area contributed by atoms with Gasteiger partial charge in [-0.25, -0.2) is 4.39 Å². The molecule has 0 saturated heterocycles. The molecule has 21 heavy (non-hydrogen) atoms. The monoisotopic (exact) mass is 390 g/mol. The molecule has 0 N–H and O–H groups in total. The standard InChI is InChI=1S/C16H14BrCl2FO/c1-2-6-21-11-5-3-4-10(7-11)16(19)12-8-14(18)13(17)9-15(12)20/h3-5,7-9,16H,2,6H2,1H3. The molecule has 0 amide bonds. The van der Waals surface area contributed by atoms with Crippen LogP contribution in [0.1, 0.15) is 29.8 Å². The summed E-state index contributed by atoms with van der Waals surface area (Å²) in [6.45, 7) is 2.67. The molecule has 0 aromatic heterocycles. The fraction of sp³-hybridized carbons (Fsp3) is 0.250. The van der Waals surface area contributed by atoms with Crippen molar-refractivity contribution in [2.45, 2.75) is 18.7 Å². The molecule has 5 heteroatoms. The number of hydrogen-bond acceptors (Lipinski definition) is 1. The minimum Gasteiger partial charge on any atom is -0.494 e. The number of benzene rings is 2. The average Bonchev–Trinajstić information content (AvgIpc) is 2.48. The predicted octanol–water partition coefficient (Wildman–Crippen LogP) is 6.36. The molecule has 1 nitrogen and oxygen atoms in total. The van der Waals surface area contributed by atoms with Crippen LogP contribution in [-0.4, -0.2) is 6.61 Å². The summed E-state index contributed by atoms with van der Waals surface area (Å²) < 4.78 is 20.1. The van der Waals surface area contributed by atoms with Gasteiger partial charge in [-0.3, -0.25) is 0 Å². The molecule has 0 saturated carbocycles. The first kappa shape index (κ1) is 16.6. The highest BCUT2D eigenvalue weighted by atomic mass is 79.9. The second kappa shape index (κ2) is 7.48. The van der Waals surface area contributed by atoms with Gasteiger partial charge in [-0.15, -0.1) is 11.6 Å². The van der Waals surface area contributed by atoms with E-state index in [1.54, 1.807) is 0 Å². The SMILES string of the molecule is CCCOc1cccc(C(Cl)c2cc(Cl)c(Br)cc2F)c1.